The van der Waals surface area contributed by atoms with Crippen molar-refractivity contribution in [1.82, 2.24) is 10.2 Å². The van der Waals surface area contributed by atoms with E-state index in [1.54, 1.807) is 0 Å². The molecule has 2 N–H and O–H groups in total. The molecule has 1 aliphatic heterocycles. The number of rotatable bonds is 6. The number of nitrogens with one attached hydrogen (secondary N) is 1. The minimum atomic E-state index is 0.196. The van der Waals surface area contributed by atoms with Crippen molar-refractivity contribution >= 4 is 0 Å². The van der Waals surface area contributed by atoms with Gasteiger partial charge < -0.3 is 10.4 Å². The zero-order valence-electron chi connectivity index (χ0n) is 10.4. The molecule has 1 saturated heterocycles. The van der Waals surface area contributed by atoms with Gasteiger partial charge in [0.15, 0.2) is 0 Å². The zero-order valence-corrected chi connectivity index (χ0v) is 10.4. The molecule has 2 rings (SSSR count). The lowest BCUT2D eigenvalue weighted by molar-refractivity contribution is 0.142. The van der Waals surface area contributed by atoms with Gasteiger partial charge in [-0.25, -0.2) is 0 Å². The first kappa shape index (κ1) is 12.8. The summed E-state index contributed by atoms with van der Waals surface area (Å²) in [4.78, 5) is 2.26. The van der Waals surface area contributed by atoms with Crippen LogP contribution in [0.25, 0.3) is 0 Å². The number of aliphatic hydroxyl groups is 1. The number of aliphatic hydroxyl groups excluding tert-OH is 1. The van der Waals surface area contributed by atoms with Crippen molar-refractivity contribution < 1.29 is 5.11 Å². The fourth-order valence-corrected chi connectivity index (χ4v) is 2.94. The van der Waals surface area contributed by atoms with Crippen LogP contribution in [0.15, 0.2) is 0 Å². The minimum Gasteiger partial charge on any atom is -0.395 e. The van der Waals surface area contributed by atoms with E-state index in [2.05, 4.69) is 16.3 Å². The molecule has 4 heteroatoms. The highest BCUT2D eigenvalue weighted by Crippen LogP contribution is 2.37. The lowest BCUT2D eigenvalue weighted by atomic mass is 9.89. The van der Waals surface area contributed by atoms with Crippen molar-refractivity contribution in [1.29, 1.82) is 5.26 Å². The first-order chi connectivity index (χ1) is 8.31. The molecule has 96 valence electrons. The third kappa shape index (κ3) is 4.27. The quantitative estimate of drug-likeness (QED) is 0.664. The first-order valence-electron chi connectivity index (χ1n) is 6.75. The Balaban J connectivity index is 1.82. The van der Waals surface area contributed by atoms with Crippen LogP contribution in [0.1, 0.15) is 25.7 Å². The molecule has 0 amide bonds. The van der Waals surface area contributed by atoms with Crippen LogP contribution in [0.4, 0.5) is 0 Å². The summed E-state index contributed by atoms with van der Waals surface area (Å²) in [5, 5.41) is 21.1. The molecule has 17 heavy (non-hydrogen) atoms. The third-order valence-corrected chi connectivity index (χ3v) is 3.82. The Hall–Kier alpha value is -0.630. The van der Waals surface area contributed by atoms with Crippen LogP contribution in [0.3, 0.4) is 0 Å². The number of nitriles is 1. The molecule has 2 fully saturated rings. The van der Waals surface area contributed by atoms with Crippen LogP contribution >= 0.6 is 0 Å². The summed E-state index contributed by atoms with van der Waals surface area (Å²) in [5.74, 6) is 1.70. The van der Waals surface area contributed by atoms with E-state index in [9.17, 15) is 0 Å². The van der Waals surface area contributed by atoms with Crippen LogP contribution in [-0.2, 0) is 0 Å². The maximum Gasteiger partial charge on any atom is 0.0866 e. The second kappa shape index (κ2) is 6.34. The lowest BCUT2D eigenvalue weighted by Gasteiger charge is -2.37. The Bertz CT molecular complexity index is 272. The van der Waals surface area contributed by atoms with E-state index in [1.807, 2.05) is 0 Å². The van der Waals surface area contributed by atoms with E-state index >= 15 is 0 Å². The molecule has 2 atom stereocenters. The molecule has 0 aromatic rings. The Kier molecular flexibility index (Phi) is 4.78. The molecule has 0 aromatic carbocycles. The van der Waals surface area contributed by atoms with Gasteiger partial charge in [0.05, 0.1) is 19.2 Å². The summed E-state index contributed by atoms with van der Waals surface area (Å²) < 4.78 is 0. The average Bonchev–Trinajstić information content (AvgIpc) is 3.10. The van der Waals surface area contributed by atoms with Crippen molar-refractivity contribution in [2.75, 3.05) is 32.8 Å². The number of piperidine rings is 1. The monoisotopic (exact) mass is 237 g/mol. The van der Waals surface area contributed by atoms with E-state index in [4.69, 9.17) is 10.4 Å². The average molecular weight is 237 g/mol. The highest BCUT2D eigenvalue weighted by atomic mass is 16.3. The van der Waals surface area contributed by atoms with Gasteiger partial charge in [-0.3, -0.25) is 4.90 Å². The topological polar surface area (TPSA) is 59.3 Å². The van der Waals surface area contributed by atoms with Gasteiger partial charge in [-0.2, -0.15) is 5.26 Å². The molecule has 2 aliphatic rings. The predicted molar refractivity (Wildman–Crippen MR) is 66.4 cm³/mol. The van der Waals surface area contributed by atoms with Crippen LogP contribution in [0.2, 0.25) is 0 Å². The van der Waals surface area contributed by atoms with Crippen molar-refractivity contribution in [2.45, 2.75) is 31.7 Å². The van der Waals surface area contributed by atoms with E-state index in [0.29, 0.717) is 19.1 Å². The van der Waals surface area contributed by atoms with Gasteiger partial charge in [-0.05, 0) is 24.7 Å². The molecule has 1 aliphatic carbocycles. The molecule has 1 saturated carbocycles. The van der Waals surface area contributed by atoms with E-state index < -0.39 is 0 Å². The van der Waals surface area contributed by atoms with Crippen molar-refractivity contribution in [3.8, 4) is 6.07 Å². The molecular formula is C13H23N3O. The minimum absolute atomic E-state index is 0.196. The van der Waals surface area contributed by atoms with Crippen LogP contribution in [0.5, 0.6) is 0 Å². The highest BCUT2D eigenvalue weighted by Gasteiger charge is 2.31. The Morgan fingerprint density at radius 3 is 2.76 bits per heavy atom. The Labute approximate surface area is 104 Å². The molecule has 4 nitrogen and oxygen atoms in total. The second-order valence-corrected chi connectivity index (χ2v) is 5.51. The molecule has 0 aromatic heterocycles. The maximum absolute atomic E-state index is 8.86. The predicted octanol–water partition coefficient (Wildman–Crippen LogP) is 0.582. The fraction of sp³-hybridized carbons (Fsp3) is 0.923. The normalized spacial score (nSPS) is 30.1. The highest BCUT2D eigenvalue weighted by molar-refractivity contribution is 4.90. The number of hydrogen-bond donors (Lipinski definition) is 2. The summed E-state index contributed by atoms with van der Waals surface area (Å²) in [6.45, 7) is 3.44. The summed E-state index contributed by atoms with van der Waals surface area (Å²) in [7, 11) is 0. The summed E-state index contributed by atoms with van der Waals surface area (Å²) in [6.07, 6.45) is 5.35. The van der Waals surface area contributed by atoms with Gasteiger partial charge in [0, 0.05) is 25.7 Å². The Morgan fingerprint density at radius 1 is 1.29 bits per heavy atom. The van der Waals surface area contributed by atoms with Crippen molar-refractivity contribution in [3.63, 3.8) is 0 Å². The Morgan fingerprint density at radius 2 is 2.12 bits per heavy atom. The van der Waals surface area contributed by atoms with Crippen molar-refractivity contribution in [2.24, 2.45) is 11.8 Å². The zero-order chi connectivity index (χ0) is 12.1. The smallest absolute Gasteiger partial charge is 0.0866 e. The van der Waals surface area contributed by atoms with Crippen LogP contribution < -0.4 is 5.32 Å². The summed E-state index contributed by atoms with van der Waals surface area (Å²) in [6, 6.07) is 2.70. The second-order valence-electron chi connectivity index (χ2n) is 5.51. The molecule has 0 spiro atoms. The van der Waals surface area contributed by atoms with Gasteiger partial charge in [-0.15, -0.1) is 0 Å². The van der Waals surface area contributed by atoms with Gasteiger partial charge in [0.2, 0.25) is 0 Å². The number of hydrogen-bond acceptors (Lipinski definition) is 4. The third-order valence-electron chi connectivity index (χ3n) is 3.82. The van der Waals surface area contributed by atoms with Crippen LogP contribution in [0, 0.1) is 23.2 Å². The van der Waals surface area contributed by atoms with E-state index in [1.165, 1.54) is 25.7 Å². The van der Waals surface area contributed by atoms with Gasteiger partial charge in [-0.1, -0.05) is 12.8 Å². The molecule has 0 radical (unpaired) electrons. The standard InChI is InChI=1S/C13H23N3O/c14-3-5-16-9-12(7-11-1-2-11)8-13(10-16)15-4-6-17/h11-13,15,17H,1-2,4-10H2. The van der Waals surface area contributed by atoms with Gasteiger partial charge >= 0.3 is 0 Å². The SMILES string of the molecule is N#CCN1CC(CC2CC2)CC(NCCO)C1. The van der Waals surface area contributed by atoms with Gasteiger partial charge in [0.1, 0.15) is 0 Å². The molecule has 2 unspecified atom stereocenters. The fourth-order valence-electron chi connectivity index (χ4n) is 2.94. The van der Waals surface area contributed by atoms with E-state index in [0.717, 1.165) is 24.9 Å². The lowest BCUT2D eigenvalue weighted by Crippen LogP contribution is -2.49. The van der Waals surface area contributed by atoms with Crippen molar-refractivity contribution in [3.05, 3.63) is 0 Å². The number of likely N-dealkylation sites (tertiary alicyclic amines) is 1. The van der Waals surface area contributed by atoms with E-state index in [-0.39, 0.29) is 6.61 Å². The molecular weight excluding hydrogens is 214 g/mol. The summed E-state index contributed by atoms with van der Waals surface area (Å²) >= 11 is 0. The van der Waals surface area contributed by atoms with Gasteiger partial charge in [0.25, 0.3) is 0 Å². The first-order valence-corrected chi connectivity index (χ1v) is 6.75. The maximum atomic E-state index is 8.86. The van der Waals surface area contributed by atoms with Crippen LogP contribution in [-0.4, -0.2) is 48.8 Å². The molecule has 0 bridgehead atoms. The molecule has 1 heterocycles. The largest absolute Gasteiger partial charge is 0.395 e. The number of nitrogens with zero attached hydrogens (tertiary/aromatic N) is 2. The summed E-state index contributed by atoms with van der Waals surface area (Å²) in [5.41, 5.74) is 0.